The molecule has 0 saturated carbocycles. The van der Waals surface area contributed by atoms with Crippen molar-refractivity contribution in [3.05, 3.63) is 21.1 Å². The van der Waals surface area contributed by atoms with Gasteiger partial charge in [-0.05, 0) is 31.9 Å². The van der Waals surface area contributed by atoms with E-state index < -0.39 is 0 Å². The highest BCUT2D eigenvalue weighted by atomic mass is 79.9. The smallest absolute Gasteiger partial charge is 0.144 e. The topological polar surface area (TPSA) is 25.8 Å². The first-order valence-electron chi connectivity index (χ1n) is 4.15. The Morgan fingerprint density at radius 3 is 2.50 bits per heavy atom. The fourth-order valence-electron chi connectivity index (χ4n) is 1.19. The largest absolute Gasteiger partial charge is 0.225 e. The molecule has 1 aliphatic rings. The van der Waals surface area contributed by atoms with E-state index in [4.69, 9.17) is 0 Å². The molecule has 2 rings (SSSR count). The van der Waals surface area contributed by atoms with Crippen LogP contribution in [0.15, 0.2) is 15.3 Å². The van der Waals surface area contributed by atoms with Gasteiger partial charge in [-0.1, -0.05) is 0 Å². The lowest BCUT2D eigenvalue weighted by Gasteiger charge is -2.19. The van der Waals surface area contributed by atoms with E-state index in [0.29, 0.717) is 5.25 Å². The summed E-state index contributed by atoms with van der Waals surface area (Å²) in [5.74, 6) is 4.50. The maximum absolute atomic E-state index is 4.40. The van der Waals surface area contributed by atoms with Crippen LogP contribution in [-0.2, 0) is 0 Å². The van der Waals surface area contributed by atoms with Crippen LogP contribution in [0.3, 0.4) is 0 Å². The lowest BCUT2D eigenvalue weighted by molar-refractivity contribution is 0.902. The zero-order valence-corrected chi connectivity index (χ0v) is 12.0. The van der Waals surface area contributed by atoms with Gasteiger partial charge in [-0.25, -0.2) is 9.97 Å². The van der Waals surface area contributed by atoms with Crippen LogP contribution >= 0.6 is 55.4 Å². The van der Waals surface area contributed by atoms with E-state index in [1.54, 1.807) is 0 Å². The first-order chi connectivity index (χ1) is 6.75. The van der Waals surface area contributed by atoms with Crippen molar-refractivity contribution in [1.82, 2.24) is 9.97 Å². The predicted octanol–water partition coefficient (Wildman–Crippen LogP) is 3.52. The van der Waals surface area contributed by atoms with Gasteiger partial charge in [0.1, 0.15) is 15.0 Å². The summed E-state index contributed by atoms with van der Waals surface area (Å²) in [5.41, 5.74) is 0. The zero-order valence-electron chi connectivity index (χ0n) is 7.24. The molecule has 0 radical (unpaired) electrons. The Balaban J connectivity index is 2.21. The fraction of sp³-hybridized carbons (Fsp3) is 0.500. The molecule has 0 aliphatic carbocycles. The Labute approximate surface area is 108 Å². The molecule has 1 aliphatic heterocycles. The van der Waals surface area contributed by atoms with Crippen LogP contribution in [0.25, 0.3) is 0 Å². The standard InChI is InChI=1S/C8H8Br2N2S2/c9-6-3-7(10)12-8(11-6)5-4-13-1-2-14-5/h3,5H,1-2,4H2. The van der Waals surface area contributed by atoms with E-state index in [1.165, 1.54) is 11.5 Å². The van der Waals surface area contributed by atoms with E-state index in [-0.39, 0.29) is 0 Å². The maximum atomic E-state index is 4.40. The molecule has 0 bridgehead atoms. The van der Waals surface area contributed by atoms with Crippen molar-refractivity contribution in [2.24, 2.45) is 0 Å². The Hall–Kier alpha value is 0.740. The number of rotatable bonds is 1. The molecule has 6 heteroatoms. The third-order valence-corrected chi connectivity index (χ3v) is 5.35. The average molecular weight is 356 g/mol. The molecule has 1 aromatic rings. The Morgan fingerprint density at radius 2 is 1.93 bits per heavy atom. The van der Waals surface area contributed by atoms with Crippen molar-refractivity contribution in [2.75, 3.05) is 17.3 Å². The van der Waals surface area contributed by atoms with Crippen LogP contribution < -0.4 is 0 Å². The van der Waals surface area contributed by atoms with Crippen molar-refractivity contribution < 1.29 is 0 Å². The van der Waals surface area contributed by atoms with E-state index in [1.807, 2.05) is 29.6 Å². The van der Waals surface area contributed by atoms with E-state index in [2.05, 4.69) is 41.8 Å². The summed E-state index contributed by atoms with van der Waals surface area (Å²) < 4.78 is 1.70. The van der Waals surface area contributed by atoms with E-state index in [9.17, 15) is 0 Å². The zero-order chi connectivity index (χ0) is 9.97. The van der Waals surface area contributed by atoms with Crippen LogP contribution in [0.1, 0.15) is 11.1 Å². The quantitative estimate of drug-likeness (QED) is 0.720. The molecule has 1 aromatic heterocycles. The molecule has 1 fully saturated rings. The second-order valence-electron chi connectivity index (χ2n) is 2.81. The van der Waals surface area contributed by atoms with Crippen molar-refractivity contribution >= 4 is 55.4 Å². The Morgan fingerprint density at radius 1 is 1.21 bits per heavy atom. The molecule has 0 spiro atoms. The summed E-state index contributed by atoms with van der Waals surface area (Å²) in [5, 5.41) is 0.447. The summed E-state index contributed by atoms with van der Waals surface area (Å²) in [6.07, 6.45) is 0. The molecule has 1 atom stereocenters. The van der Waals surface area contributed by atoms with Crippen LogP contribution in [0, 0.1) is 0 Å². The van der Waals surface area contributed by atoms with Gasteiger partial charge in [-0.15, -0.1) is 11.8 Å². The maximum Gasteiger partial charge on any atom is 0.144 e. The van der Waals surface area contributed by atoms with Crippen LogP contribution in [-0.4, -0.2) is 27.2 Å². The highest BCUT2D eigenvalue weighted by Gasteiger charge is 2.19. The molecule has 0 N–H and O–H groups in total. The summed E-state index contributed by atoms with van der Waals surface area (Å²) in [7, 11) is 0. The summed E-state index contributed by atoms with van der Waals surface area (Å²) in [6.45, 7) is 0. The summed E-state index contributed by atoms with van der Waals surface area (Å²) in [6, 6.07) is 1.87. The number of halogens is 2. The van der Waals surface area contributed by atoms with Gasteiger partial charge in [0, 0.05) is 23.3 Å². The summed E-state index contributed by atoms with van der Waals surface area (Å²) >= 11 is 10.7. The number of hydrogen-bond donors (Lipinski definition) is 0. The lowest BCUT2D eigenvalue weighted by Crippen LogP contribution is -2.10. The molecule has 0 amide bonds. The van der Waals surface area contributed by atoms with Gasteiger partial charge in [-0.2, -0.15) is 11.8 Å². The second-order valence-corrected chi connectivity index (χ2v) is 6.89. The van der Waals surface area contributed by atoms with Gasteiger partial charge in [-0.3, -0.25) is 0 Å². The average Bonchev–Trinajstić information content (AvgIpc) is 2.18. The predicted molar refractivity (Wildman–Crippen MR) is 70.0 cm³/mol. The number of hydrogen-bond acceptors (Lipinski definition) is 4. The summed E-state index contributed by atoms with van der Waals surface area (Å²) in [4.78, 5) is 8.80. The van der Waals surface area contributed by atoms with Crippen LogP contribution in [0.5, 0.6) is 0 Å². The lowest BCUT2D eigenvalue weighted by atomic mass is 10.4. The molecule has 0 aromatic carbocycles. The fourth-order valence-corrected chi connectivity index (χ4v) is 4.89. The normalized spacial score (nSPS) is 22.3. The van der Waals surface area contributed by atoms with Gasteiger partial charge in [0.2, 0.25) is 0 Å². The van der Waals surface area contributed by atoms with Gasteiger partial charge >= 0.3 is 0 Å². The van der Waals surface area contributed by atoms with Crippen LogP contribution in [0.4, 0.5) is 0 Å². The van der Waals surface area contributed by atoms with Crippen molar-refractivity contribution in [1.29, 1.82) is 0 Å². The number of aromatic nitrogens is 2. The first kappa shape index (κ1) is 11.2. The molecule has 1 saturated heterocycles. The molecular formula is C8H8Br2N2S2. The minimum atomic E-state index is 0.447. The molecule has 2 heterocycles. The highest BCUT2D eigenvalue weighted by Crippen LogP contribution is 2.35. The van der Waals surface area contributed by atoms with Gasteiger partial charge < -0.3 is 0 Å². The molecular weight excluding hydrogens is 348 g/mol. The van der Waals surface area contributed by atoms with Gasteiger partial charge in [0.05, 0.1) is 5.25 Å². The highest BCUT2D eigenvalue weighted by molar-refractivity contribution is 9.11. The van der Waals surface area contributed by atoms with E-state index >= 15 is 0 Å². The van der Waals surface area contributed by atoms with Crippen molar-refractivity contribution in [3.8, 4) is 0 Å². The Kier molecular flexibility index (Phi) is 4.16. The first-order valence-corrected chi connectivity index (χ1v) is 7.94. The molecule has 76 valence electrons. The number of nitrogens with zero attached hydrogens (tertiary/aromatic N) is 2. The molecule has 14 heavy (non-hydrogen) atoms. The molecule has 1 unspecified atom stereocenters. The Bertz CT molecular complexity index is 309. The van der Waals surface area contributed by atoms with Crippen molar-refractivity contribution in [3.63, 3.8) is 0 Å². The van der Waals surface area contributed by atoms with Crippen molar-refractivity contribution in [2.45, 2.75) is 5.25 Å². The third-order valence-electron chi connectivity index (χ3n) is 1.78. The number of thioether (sulfide) groups is 2. The third kappa shape index (κ3) is 2.87. The van der Waals surface area contributed by atoms with E-state index in [0.717, 1.165) is 20.8 Å². The van der Waals surface area contributed by atoms with Gasteiger partial charge in [0.25, 0.3) is 0 Å². The van der Waals surface area contributed by atoms with Crippen LogP contribution in [0.2, 0.25) is 0 Å². The monoisotopic (exact) mass is 354 g/mol. The molecule has 2 nitrogen and oxygen atoms in total. The SMILES string of the molecule is Brc1cc(Br)nc(C2CSCCS2)n1. The minimum absolute atomic E-state index is 0.447. The van der Waals surface area contributed by atoms with Gasteiger partial charge in [0.15, 0.2) is 0 Å². The minimum Gasteiger partial charge on any atom is -0.225 e. The second kappa shape index (κ2) is 5.18.